The minimum absolute atomic E-state index is 0.0307. The van der Waals surface area contributed by atoms with E-state index in [-0.39, 0.29) is 17.2 Å². The van der Waals surface area contributed by atoms with Crippen LogP contribution >= 0.6 is 11.8 Å². The number of amides is 2. The summed E-state index contributed by atoms with van der Waals surface area (Å²) in [6.45, 7) is 4.24. The maximum atomic E-state index is 13.9. The van der Waals surface area contributed by atoms with E-state index in [4.69, 9.17) is 0 Å². The molecular formula is C25H24FN5O2S. The highest BCUT2D eigenvalue weighted by Crippen LogP contribution is 2.23. The number of carbonyl (C=O) groups is 2. The van der Waals surface area contributed by atoms with E-state index in [0.717, 1.165) is 16.5 Å². The summed E-state index contributed by atoms with van der Waals surface area (Å²) in [5.74, 6) is -0.586. The first kappa shape index (κ1) is 23.4. The lowest BCUT2D eigenvalue weighted by Gasteiger charge is -2.15. The first-order chi connectivity index (χ1) is 16.5. The van der Waals surface area contributed by atoms with Crippen LogP contribution in [0.2, 0.25) is 0 Å². The normalized spacial score (nSPS) is 11.9. The molecule has 3 aromatic carbocycles. The van der Waals surface area contributed by atoms with E-state index in [2.05, 4.69) is 20.8 Å². The Balaban J connectivity index is 1.39. The molecule has 0 aliphatic heterocycles. The Morgan fingerprint density at radius 3 is 2.53 bits per heavy atom. The fraction of sp³-hybridized carbons (Fsp3) is 0.200. The van der Waals surface area contributed by atoms with Gasteiger partial charge >= 0.3 is 0 Å². The van der Waals surface area contributed by atoms with Crippen LogP contribution in [0.5, 0.6) is 0 Å². The van der Waals surface area contributed by atoms with E-state index in [1.54, 1.807) is 13.0 Å². The van der Waals surface area contributed by atoms with Gasteiger partial charge in [-0.05, 0) is 48.9 Å². The van der Waals surface area contributed by atoms with Crippen molar-refractivity contribution in [3.05, 3.63) is 83.9 Å². The molecule has 2 amide bonds. The number of anilines is 1. The first-order valence-electron chi connectivity index (χ1n) is 10.9. The van der Waals surface area contributed by atoms with Crippen molar-refractivity contribution in [2.45, 2.75) is 31.6 Å². The molecule has 174 valence electrons. The lowest BCUT2D eigenvalue weighted by Crippen LogP contribution is -2.29. The van der Waals surface area contributed by atoms with Gasteiger partial charge in [0.2, 0.25) is 5.91 Å². The summed E-state index contributed by atoms with van der Waals surface area (Å²) < 4.78 is 15.8. The number of thioether (sulfide) groups is 1. The average molecular weight is 478 g/mol. The Kier molecular flexibility index (Phi) is 7.22. The Morgan fingerprint density at radius 1 is 1.03 bits per heavy atom. The second-order valence-corrected chi connectivity index (χ2v) is 8.60. The van der Waals surface area contributed by atoms with Crippen molar-refractivity contribution >= 4 is 40.0 Å². The van der Waals surface area contributed by atoms with Crippen molar-refractivity contribution in [1.29, 1.82) is 0 Å². The van der Waals surface area contributed by atoms with Crippen molar-refractivity contribution in [3.8, 4) is 0 Å². The molecule has 34 heavy (non-hydrogen) atoms. The van der Waals surface area contributed by atoms with Crippen molar-refractivity contribution in [3.63, 3.8) is 0 Å². The number of hydrogen-bond acceptors (Lipinski definition) is 5. The van der Waals surface area contributed by atoms with Gasteiger partial charge in [-0.15, -0.1) is 10.2 Å². The standard InChI is InChI=1S/C25H24FN5O2S/c1-3-31-23(16(2)27-24(33)20-10-6-7-11-21(20)26)29-30-25(31)34-15-22(32)28-19-13-12-17-8-4-5-9-18(17)14-19/h4-14,16H,3,15H2,1-2H3,(H,27,33)(H,28,32). The minimum Gasteiger partial charge on any atom is -0.342 e. The van der Waals surface area contributed by atoms with Gasteiger partial charge in [-0.25, -0.2) is 4.39 Å². The van der Waals surface area contributed by atoms with Gasteiger partial charge in [0.05, 0.1) is 17.4 Å². The van der Waals surface area contributed by atoms with Crippen molar-refractivity contribution in [2.24, 2.45) is 0 Å². The highest BCUT2D eigenvalue weighted by atomic mass is 32.2. The Labute approximate surface area is 200 Å². The summed E-state index contributed by atoms with van der Waals surface area (Å²) >= 11 is 1.26. The number of nitrogens with zero attached hydrogens (tertiary/aromatic N) is 3. The second kappa shape index (κ2) is 10.5. The van der Waals surface area contributed by atoms with Crippen LogP contribution < -0.4 is 10.6 Å². The van der Waals surface area contributed by atoms with Crippen LogP contribution in [0, 0.1) is 5.82 Å². The molecule has 0 aliphatic carbocycles. The van der Waals surface area contributed by atoms with Gasteiger partial charge in [0.1, 0.15) is 5.82 Å². The zero-order valence-electron chi connectivity index (χ0n) is 18.8. The predicted molar refractivity (Wildman–Crippen MR) is 131 cm³/mol. The number of benzene rings is 3. The van der Waals surface area contributed by atoms with Gasteiger partial charge in [0, 0.05) is 12.2 Å². The van der Waals surface area contributed by atoms with Crippen LogP contribution in [0.25, 0.3) is 10.8 Å². The topological polar surface area (TPSA) is 88.9 Å². The molecule has 0 bridgehead atoms. The minimum atomic E-state index is -0.585. The fourth-order valence-corrected chi connectivity index (χ4v) is 4.41. The third-order valence-corrected chi connectivity index (χ3v) is 6.25. The molecule has 4 rings (SSSR count). The molecule has 0 fully saturated rings. The summed E-state index contributed by atoms with van der Waals surface area (Å²) in [6, 6.07) is 19.0. The number of hydrogen-bond donors (Lipinski definition) is 2. The van der Waals surface area contributed by atoms with Crippen LogP contribution in [0.1, 0.15) is 36.1 Å². The van der Waals surface area contributed by atoms with Gasteiger partial charge < -0.3 is 15.2 Å². The van der Waals surface area contributed by atoms with Crippen LogP contribution in [-0.2, 0) is 11.3 Å². The highest BCUT2D eigenvalue weighted by molar-refractivity contribution is 7.99. The van der Waals surface area contributed by atoms with Crippen LogP contribution in [0.3, 0.4) is 0 Å². The number of fused-ring (bicyclic) bond motifs is 1. The summed E-state index contributed by atoms with van der Waals surface area (Å²) in [6.07, 6.45) is 0. The quantitative estimate of drug-likeness (QED) is 0.356. The molecule has 0 saturated carbocycles. The molecule has 4 aromatic rings. The Morgan fingerprint density at radius 2 is 1.76 bits per heavy atom. The van der Waals surface area contributed by atoms with E-state index in [0.29, 0.717) is 17.5 Å². The average Bonchev–Trinajstić information content (AvgIpc) is 3.26. The monoisotopic (exact) mass is 477 g/mol. The molecule has 1 unspecified atom stereocenters. The summed E-state index contributed by atoms with van der Waals surface area (Å²) in [5, 5.41) is 16.8. The summed E-state index contributed by atoms with van der Waals surface area (Å²) in [7, 11) is 0. The third-order valence-electron chi connectivity index (χ3n) is 5.28. The van der Waals surface area contributed by atoms with E-state index >= 15 is 0 Å². The summed E-state index contributed by atoms with van der Waals surface area (Å²) in [4.78, 5) is 25.0. The smallest absolute Gasteiger partial charge is 0.254 e. The molecule has 2 N–H and O–H groups in total. The number of aromatic nitrogens is 3. The maximum absolute atomic E-state index is 13.9. The molecule has 0 aliphatic rings. The molecule has 1 heterocycles. The number of halogens is 1. The maximum Gasteiger partial charge on any atom is 0.254 e. The fourth-order valence-electron chi connectivity index (χ4n) is 3.60. The SMILES string of the molecule is CCn1c(SCC(=O)Nc2ccc3ccccc3c2)nnc1C(C)NC(=O)c1ccccc1F. The van der Waals surface area contributed by atoms with E-state index in [9.17, 15) is 14.0 Å². The predicted octanol–water partition coefficient (Wildman–Crippen LogP) is 4.81. The molecule has 9 heteroatoms. The number of nitrogens with one attached hydrogen (secondary N) is 2. The molecule has 1 atom stereocenters. The van der Waals surface area contributed by atoms with Gasteiger partial charge in [-0.3, -0.25) is 9.59 Å². The molecular weight excluding hydrogens is 453 g/mol. The van der Waals surface area contributed by atoms with Gasteiger partial charge in [0.15, 0.2) is 11.0 Å². The third kappa shape index (κ3) is 5.26. The second-order valence-electron chi connectivity index (χ2n) is 7.66. The van der Waals surface area contributed by atoms with Crippen LogP contribution in [-0.4, -0.2) is 32.3 Å². The van der Waals surface area contributed by atoms with Gasteiger partial charge in [0.25, 0.3) is 5.91 Å². The lowest BCUT2D eigenvalue weighted by atomic mass is 10.1. The zero-order chi connectivity index (χ0) is 24.1. The van der Waals surface area contributed by atoms with Crippen LogP contribution in [0.4, 0.5) is 10.1 Å². The Hall–Kier alpha value is -3.72. The molecule has 7 nitrogen and oxygen atoms in total. The van der Waals surface area contributed by atoms with Gasteiger partial charge in [-0.1, -0.05) is 54.2 Å². The highest BCUT2D eigenvalue weighted by Gasteiger charge is 2.21. The van der Waals surface area contributed by atoms with Crippen molar-refractivity contribution < 1.29 is 14.0 Å². The zero-order valence-corrected chi connectivity index (χ0v) is 19.6. The summed E-state index contributed by atoms with van der Waals surface area (Å²) in [5.41, 5.74) is 0.698. The molecule has 0 spiro atoms. The first-order valence-corrected chi connectivity index (χ1v) is 11.8. The number of carbonyl (C=O) groups excluding carboxylic acids is 2. The lowest BCUT2D eigenvalue weighted by molar-refractivity contribution is -0.113. The van der Waals surface area contributed by atoms with Gasteiger partial charge in [-0.2, -0.15) is 0 Å². The van der Waals surface area contributed by atoms with E-state index in [1.807, 2.05) is 54.0 Å². The molecule has 0 saturated heterocycles. The van der Waals surface area contributed by atoms with Crippen molar-refractivity contribution in [2.75, 3.05) is 11.1 Å². The molecule has 0 radical (unpaired) electrons. The van der Waals surface area contributed by atoms with Crippen molar-refractivity contribution in [1.82, 2.24) is 20.1 Å². The molecule has 1 aromatic heterocycles. The Bertz CT molecular complexity index is 1340. The van der Waals surface area contributed by atoms with Crippen LogP contribution in [0.15, 0.2) is 71.9 Å². The largest absolute Gasteiger partial charge is 0.342 e. The van der Waals surface area contributed by atoms with E-state index in [1.165, 1.54) is 30.0 Å². The number of rotatable bonds is 8. The van der Waals surface area contributed by atoms with E-state index < -0.39 is 17.8 Å².